The van der Waals surface area contributed by atoms with Gasteiger partial charge < -0.3 is 16.4 Å². The largest absolute Gasteiger partial charge is 0.396 e. The molecule has 0 radical (unpaired) electrons. The van der Waals surface area contributed by atoms with E-state index in [0.29, 0.717) is 11.7 Å². The van der Waals surface area contributed by atoms with Crippen molar-refractivity contribution >= 4 is 33.2 Å². The molecule has 98 valence electrons. The highest BCUT2D eigenvalue weighted by Crippen LogP contribution is 2.36. The maximum absolute atomic E-state index is 11.3. The first kappa shape index (κ1) is 13.1. The lowest BCUT2D eigenvalue weighted by atomic mass is 10.1. The van der Waals surface area contributed by atoms with E-state index in [1.165, 1.54) is 12.8 Å². The van der Waals surface area contributed by atoms with Crippen molar-refractivity contribution in [3.63, 3.8) is 0 Å². The fraction of sp³-hybridized carbons (Fsp3) is 0.500. The number of carbonyl (C=O) groups is 1. The van der Waals surface area contributed by atoms with Crippen molar-refractivity contribution in [2.45, 2.75) is 31.7 Å². The molecular weight excluding hydrogens is 296 g/mol. The van der Waals surface area contributed by atoms with Crippen LogP contribution in [0, 0.1) is 0 Å². The Bertz CT molecular complexity index is 425. The van der Waals surface area contributed by atoms with E-state index in [4.69, 9.17) is 11.5 Å². The number of halogens is 1. The van der Waals surface area contributed by atoms with Crippen LogP contribution in [0.2, 0.25) is 0 Å². The van der Waals surface area contributed by atoms with Gasteiger partial charge in [-0.3, -0.25) is 9.78 Å². The molecule has 0 bridgehead atoms. The minimum Gasteiger partial charge on any atom is -0.396 e. The van der Waals surface area contributed by atoms with Crippen LogP contribution in [0.5, 0.6) is 0 Å². The second-order valence-corrected chi connectivity index (χ2v) is 5.45. The summed E-state index contributed by atoms with van der Waals surface area (Å²) in [5.74, 6) is -0.343. The molecule has 5 nitrogen and oxygen atoms in total. The van der Waals surface area contributed by atoms with E-state index in [-0.39, 0.29) is 12.5 Å². The lowest BCUT2D eigenvalue weighted by Gasteiger charge is -2.31. The van der Waals surface area contributed by atoms with Gasteiger partial charge in [0, 0.05) is 12.2 Å². The Morgan fingerprint density at radius 3 is 2.67 bits per heavy atom. The van der Waals surface area contributed by atoms with Gasteiger partial charge in [0.15, 0.2) is 0 Å². The number of pyridine rings is 1. The number of hydrogen-bond acceptors (Lipinski definition) is 4. The molecule has 4 N–H and O–H groups in total. The van der Waals surface area contributed by atoms with Gasteiger partial charge in [-0.1, -0.05) is 12.8 Å². The van der Waals surface area contributed by atoms with Crippen LogP contribution in [0.15, 0.2) is 16.9 Å². The normalized spacial score (nSPS) is 15.8. The number of nitrogens with two attached hydrogens (primary N) is 2. The summed E-state index contributed by atoms with van der Waals surface area (Å²) < 4.78 is 0.802. The SMILES string of the molecule is NC(=O)CN(c1c(N)cncc1Br)C1CCCC1. The van der Waals surface area contributed by atoms with Crippen LogP contribution >= 0.6 is 15.9 Å². The average molecular weight is 313 g/mol. The number of amides is 1. The molecule has 0 aromatic carbocycles. The molecule has 1 amide bonds. The van der Waals surface area contributed by atoms with Crippen molar-refractivity contribution in [3.05, 3.63) is 16.9 Å². The first-order chi connectivity index (χ1) is 8.59. The Morgan fingerprint density at radius 2 is 2.11 bits per heavy atom. The summed E-state index contributed by atoms with van der Waals surface area (Å²) >= 11 is 3.45. The zero-order valence-corrected chi connectivity index (χ0v) is 11.7. The van der Waals surface area contributed by atoms with Gasteiger partial charge in [-0.15, -0.1) is 0 Å². The molecule has 1 aromatic rings. The van der Waals surface area contributed by atoms with Gasteiger partial charge in [-0.05, 0) is 28.8 Å². The molecule has 1 aliphatic rings. The molecule has 0 aliphatic heterocycles. The molecule has 0 unspecified atom stereocenters. The summed E-state index contributed by atoms with van der Waals surface area (Å²) in [6, 6.07) is 0.332. The predicted molar refractivity (Wildman–Crippen MR) is 75.1 cm³/mol. The molecule has 1 fully saturated rings. The Hall–Kier alpha value is -1.30. The van der Waals surface area contributed by atoms with E-state index < -0.39 is 0 Å². The highest BCUT2D eigenvalue weighted by molar-refractivity contribution is 9.10. The standard InChI is InChI=1S/C12H17BrN4O/c13-9-5-16-6-10(14)12(9)17(7-11(15)18)8-3-1-2-4-8/h5-6,8H,1-4,7,14H2,(H2,15,18). The summed E-state index contributed by atoms with van der Waals surface area (Å²) in [6.07, 6.45) is 7.80. The van der Waals surface area contributed by atoms with Crippen molar-refractivity contribution in [1.82, 2.24) is 4.98 Å². The quantitative estimate of drug-likeness (QED) is 0.885. The monoisotopic (exact) mass is 312 g/mol. The zero-order valence-electron chi connectivity index (χ0n) is 10.1. The van der Waals surface area contributed by atoms with Gasteiger partial charge in [-0.25, -0.2) is 0 Å². The third-order valence-corrected chi connectivity index (χ3v) is 3.86. The number of nitrogens with zero attached hydrogens (tertiary/aromatic N) is 2. The molecule has 1 saturated carbocycles. The lowest BCUT2D eigenvalue weighted by molar-refractivity contribution is -0.116. The summed E-state index contributed by atoms with van der Waals surface area (Å²) in [5.41, 5.74) is 12.7. The molecule has 2 rings (SSSR count). The number of rotatable bonds is 4. The number of aromatic nitrogens is 1. The van der Waals surface area contributed by atoms with Crippen molar-refractivity contribution in [2.75, 3.05) is 17.2 Å². The van der Waals surface area contributed by atoms with Crippen LogP contribution in [-0.2, 0) is 4.79 Å². The van der Waals surface area contributed by atoms with Gasteiger partial charge in [0.05, 0.1) is 28.6 Å². The molecule has 0 atom stereocenters. The van der Waals surface area contributed by atoms with Crippen molar-refractivity contribution < 1.29 is 4.79 Å². The molecule has 0 spiro atoms. The number of carbonyl (C=O) groups excluding carboxylic acids is 1. The first-order valence-corrected chi connectivity index (χ1v) is 6.83. The third-order valence-electron chi connectivity index (χ3n) is 3.28. The Labute approximate surface area is 115 Å². The average Bonchev–Trinajstić information content (AvgIpc) is 2.80. The fourth-order valence-corrected chi connectivity index (χ4v) is 3.10. The second kappa shape index (κ2) is 5.56. The maximum Gasteiger partial charge on any atom is 0.236 e. The number of nitrogen functional groups attached to an aromatic ring is 1. The highest BCUT2D eigenvalue weighted by atomic mass is 79.9. The van der Waals surface area contributed by atoms with Gasteiger partial charge in [0.2, 0.25) is 5.91 Å². The molecule has 1 aliphatic carbocycles. The van der Waals surface area contributed by atoms with Crippen molar-refractivity contribution in [1.29, 1.82) is 0 Å². The molecule has 18 heavy (non-hydrogen) atoms. The topological polar surface area (TPSA) is 85.2 Å². The molecule has 1 heterocycles. The Balaban J connectivity index is 2.35. The Kier molecular flexibility index (Phi) is 4.06. The summed E-state index contributed by atoms with van der Waals surface area (Å²) in [6.45, 7) is 0.192. The number of primary amides is 1. The minimum atomic E-state index is -0.343. The van der Waals surface area contributed by atoms with Crippen molar-refractivity contribution in [2.24, 2.45) is 5.73 Å². The van der Waals surface area contributed by atoms with E-state index in [0.717, 1.165) is 23.0 Å². The Morgan fingerprint density at radius 1 is 1.44 bits per heavy atom. The van der Waals surface area contributed by atoms with Crippen LogP contribution < -0.4 is 16.4 Å². The van der Waals surface area contributed by atoms with E-state index >= 15 is 0 Å². The highest BCUT2D eigenvalue weighted by Gasteiger charge is 2.26. The zero-order chi connectivity index (χ0) is 13.1. The third kappa shape index (κ3) is 2.75. The fourth-order valence-electron chi connectivity index (χ4n) is 2.52. The summed E-state index contributed by atoms with van der Waals surface area (Å²) in [7, 11) is 0. The van der Waals surface area contributed by atoms with Gasteiger partial charge in [0.25, 0.3) is 0 Å². The predicted octanol–water partition coefficient (Wildman–Crippen LogP) is 1.66. The second-order valence-electron chi connectivity index (χ2n) is 4.59. The van der Waals surface area contributed by atoms with Gasteiger partial charge in [0.1, 0.15) is 0 Å². The van der Waals surface area contributed by atoms with E-state index in [1.807, 2.05) is 4.90 Å². The van der Waals surface area contributed by atoms with E-state index in [1.54, 1.807) is 12.4 Å². The van der Waals surface area contributed by atoms with Crippen LogP contribution in [0.25, 0.3) is 0 Å². The smallest absolute Gasteiger partial charge is 0.236 e. The lowest BCUT2D eigenvalue weighted by Crippen LogP contribution is -2.40. The maximum atomic E-state index is 11.3. The van der Waals surface area contributed by atoms with Gasteiger partial charge in [-0.2, -0.15) is 0 Å². The van der Waals surface area contributed by atoms with Crippen LogP contribution in [0.4, 0.5) is 11.4 Å². The molecular formula is C12H17BrN4O. The van der Waals surface area contributed by atoms with E-state index in [9.17, 15) is 4.79 Å². The van der Waals surface area contributed by atoms with E-state index in [2.05, 4.69) is 20.9 Å². The molecule has 0 saturated heterocycles. The minimum absolute atomic E-state index is 0.192. The molecule has 1 aromatic heterocycles. The van der Waals surface area contributed by atoms with Crippen LogP contribution in [0.3, 0.4) is 0 Å². The first-order valence-electron chi connectivity index (χ1n) is 6.03. The van der Waals surface area contributed by atoms with Crippen LogP contribution in [0.1, 0.15) is 25.7 Å². The molecule has 6 heteroatoms. The number of anilines is 2. The van der Waals surface area contributed by atoms with Crippen LogP contribution in [-0.4, -0.2) is 23.5 Å². The summed E-state index contributed by atoms with van der Waals surface area (Å²) in [4.78, 5) is 17.3. The summed E-state index contributed by atoms with van der Waals surface area (Å²) in [5, 5.41) is 0. The van der Waals surface area contributed by atoms with Crippen molar-refractivity contribution in [3.8, 4) is 0 Å². The number of hydrogen-bond donors (Lipinski definition) is 2. The van der Waals surface area contributed by atoms with Gasteiger partial charge >= 0.3 is 0 Å².